The molecule has 0 bridgehead atoms. The van der Waals surface area contributed by atoms with Crippen LogP contribution in [0.2, 0.25) is 5.02 Å². The Balaban J connectivity index is 1.80. The number of benzene rings is 2. The molecule has 1 aliphatic rings. The van der Waals surface area contributed by atoms with E-state index in [0.717, 1.165) is 10.4 Å². The van der Waals surface area contributed by atoms with E-state index in [9.17, 15) is 22.0 Å². The van der Waals surface area contributed by atoms with E-state index in [1.54, 1.807) is 26.1 Å². The minimum Gasteiger partial charge on any atom is -0.352 e. The highest BCUT2D eigenvalue weighted by Crippen LogP contribution is 2.44. The second-order valence-electron chi connectivity index (χ2n) is 7.32. The summed E-state index contributed by atoms with van der Waals surface area (Å²) in [6.45, 7) is 1.27. The van der Waals surface area contributed by atoms with Crippen LogP contribution in [0, 0.1) is 12.7 Å². The van der Waals surface area contributed by atoms with Crippen LogP contribution in [-0.4, -0.2) is 35.0 Å². The molecular weight excluding hydrogens is 452 g/mol. The van der Waals surface area contributed by atoms with Gasteiger partial charge in [-0.2, -0.15) is 12.7 Å². The van der Waals surface area contributed by atoms with Gasteiger partial charge in [-0.3, -0.25) is 4.79 Å². The first-order chi connectivity index (χ1) is 14.5. The van der Waals surface area contributed by atoms with Gasteiger partial charge in [-0.25, -0.2) is 18.9 Å². The molecule has 0 aliphatic carbocycles. The van der Waals surface area contributed by atoms with Gasteiger partial charge in [-0.05, 0) is 36.2 Å². The monoisotopic (exact) mass is 469 g/mol. The predicted molar refractivity (Wildman–Crippen MR) is 114 cm³/mol. The van der Waals surface area contributed by atoms with E-state index in [0.29, 0.717) is 22.2 Å². The molecule has 1 aromatic heterocycles. The van der Waals surface area contributed by atoms with Gasteiger partial charge in [-0.15, -0.1) is 0 Å². The Morgan fingerprint density at radius 3 is 2.65 bits per heavy atom. The van der Waals surface area contributed by atoms with E-state index in [1.807, 2.05) is 0 Å². The van der Waals surface area contributed by atoms with Crippen LogP contribution in [0.15, 0.2) is 35.4 Å². The van der Waals surface area contributed by atoms with E-state index >= 15 is 0 Å². The van der Waals surface area contributed by atoms with Crippen molar-refractivity contribution in [1.29, 1.82) is 0 Å². The van der Waals surface area contributed by atoms with Gasteiger partial charge in [0.2, 0.25) is 0 Å². The van der Waals surface area contributed by atoms with Gasteiger partial charge < -0.3 is 9.88 Å². The molecule has 0 radical (unpaired) electrons. The van der Waals surface area contributed by atoms with E-state index in [1.165, 1.54) is 17.0 Å². The number of halogens is 3. The second kappa shape index (κ2) is 7.52. The first-order valence-electron chi connectivity index (χ1n) is 9.14. The Morgan fingerprint density at radius 1 is 1.29 bits per heavy atom. The molecule has 31 heavy (non-hydrogen) atoms. The van der Waals surface area contributed by atoms with Gasteiger partial charge in [0.25, 0.3) is 15.8 Å². The fourth-order valence-corrected chi connectivity index (χ4v) is 4.90. The number of nitrogens with two attached hydrogens (primary N) is 1. The van der Waals surface area contributed by atoms with Crippen molar-refractivity contribution in [2.24, 2.45) is 12.2 Å². The molecule has 1 aliphatic heterocycles. The molecule has 1 fully saturated rings. The number of nitrogens with zero attached hydrogens (tertiary/aromatic N) is 3. The molecular formula is C19H18ClF2N5O3S. The number of nitrogens with one attached hydrogen (secondary N) is 1. The van der Waals surface area contributed by atoms with Gasteiger partial charge >= 0.3 is 0 Å². The largest absolute Gasteiger partial charge is 0.352 e. The lowest BCUT2D eigenvalue weighted by molar-refractivity contribution is 0.0604. The highest BCUT2D eigenvalue weighted by Gasteiger charge is 2.47. The summed E-state index contributed by atoms with van der Waals surface area (Å²) in [7, 11) is -2.59. The molecule has 0 amide bonds. The van der Waals surface area contributed by atoms with Gasteiger partial charge in [0.15, 0.2) is 0 Å². The van der Waals surface area contributed by atoms with E-state index in [-0.39, 0.29) is 21.8 Å². The normalized spacial score (nSPS) is 19.4. The minimum atomic E-state index is -4.16. The predicted octanol–water partition coefficient (Wildman–Crippen LogP) is 2.68. The van der Waals surface area contributed by atoms with Gasteiger partial charge in [-0.1, -0.05) is 17.7 Å². The van der Waals surface area contributed by atoms with Crippen LogP contribution in [0.3, 0.4) is 0 Å². The molecule has 12 heteroatoms. The minimum absolute atomic E-state index is 0.0781. The maximum Gasteiger partial charge on any atom is 0.277 e. The van der Waals surface area contributed by atoms with Crippen molar-refractivity contribution in [1.82, 2.24) is 13.9 Å². The SMILES string of the molecule is Cc1c(Nc2c(F)ccc(C3C(F)CN3S(N)(=O)=O)c2Cl)ccc2ncn(C)c(=O)c12. The molecule has 2 unspecified atom stereocenters. The number of alkyl halides is 1. The van der Waals surface area contributed by atoms with Gasteiger partial charge in [0.05, 0.1) is 34.0 Å². The molecule has 2 heterocycles. The molecule has 3 N–H and O–H groups in total. The summed E-state index contributed by atoms with van der Waals surface area (Å²) in [4.78, 5) is 16.7. The average Bonchev–Trinajstić information content (AvgIpc) is 2.68. The van der Waals surface area contributed by atoms with Crippen LogP contribution < -0.4 is 16.0 Å². The smallest absolute Gasteiger partial charge is 0.277 e. The third-order valence-corrected chi connectivity index (χ3v) is 6.82. The maximum absolute atomic E-state index is 14.6. The molecule has 2 aromatic carbocycles. The molecule has 0 spiro atoms. The second-order valence-corrected chi connectivity index (χ2v) is 9.20. The summed E-state index contributed by atoms with van der Waals surface area (Å²) in [6, 6.07) is 4.26. The van der Waals surface area contributed by atoms with Crippen LogP contribution in [0.5, 0.6) is 0 Å². The Bertz CT molecular complexity index is 1380. The zero-order chi connectivity index (χ0) is 22.7. The molecule has 8 nitrogen and oxygen atoms in total. The first kappa shape index (κ1) is 21.6. The maximum atomic E-state index is 14.6. The fourth-order valence-electron chi connectivity index (χ4n) is 3.67. The molecule has 3 aromatic rings. The van der Waals surface area contributed by atoms with Crippen molar-refractivity contribution >= 4 is 44.1 Å². The van der Waals surface area contributed by atoms with Crippen molar-refractivity contribution in [2.75, 3.05) is 11.9 Å². The first-order valence-corrected chi connectivity index (χ1v) is 11.0. The number of fused-ring (bicyclic) bond motifs is 1. The summed E-state index contributed by atoms with van der Waals surface area (Å²) in [5.74, 6) is -0.732. The summed E-state index contributed by atoms with van der Waals surface area (Å²) in [5.41, 5.74) is 1.02. The van der Waals surface area contributed by atoms with Crippen LogP contribution >= 0.6 is 11.6 Å². The Kier molecular flexibility index (Phi) is 5.24. The average molecular weight is 470 g/mol. The van der Waals surface area contributed by atoms with Crippen molar-refractivity contribution in [3.05, 3.63) is 62.9 Å². The summed E-state index contributed by atoms with van der Waals surface area (Å²) >= 11 is 6.37. The Morgan fingerprint density at radius 2 is 2.00 bits per heavy atom. The topological polar surface area (TPSA) is 110 Å². The standard InChI is InChI=1S/C19H18ClF2N5O3S/c1-9-13(5-6-14-15(9)19(28)26(2)8-24-14)25-17-11(21)4-3-10(16(17)20)18-12(22)7-27(18)31(23,29)30/h3-6,8,12,18,25H,7H2,1-2H3,(H2,23,29,30). The van der Waals surface area contributed by atoms with Gasteiger partial charge in [0.1, 0.15) is 12.0 Å². The number of anilines is 2. The molecule has 2 atom stereocenters. The molecule has 4 rings (SSSR count). The lowest BCUT2D eigenvalue weighted by atomic mass is 9.95. The summed E-state index contributed by atoms with van der Waals surface area (Å²) < 4.78 is 54.3. The molecule has 164 valence electrons. The van der Waals surface area contributed by atoms with Crippen molar-refractivity contribution in [3.63, 3.8) is 0 Å². The zero-order valence-corrected chi connectivity index (χ0v) is 18.0. The molecule has 1 saturated heterocycles. The Hall–Kier alpha value is -2.60. The van der Waals surface area contributed by atoms with Crippen LogP contribution in [0.25, 0.3) is 10.9 Å². The van der Waals surface area contributed by atoms with Crippen molar-refractivity contribution < 1.29 is 17.2 Å². The number of rotatable bonds is 4. The quantitative estimate of drug-likeness (QED) is 0.610. The number of hydrogen-bond acceptors (Lipinski definition) is 5. The van der Waals surface area contributed by atoms with Crippen LogP contribution in [0.1, 0.15) is 17.2 Å². The highest BCUT2D eigenvalue weighted by atomic mass is 35.5. The van der Waals surface area contributed by atoms with Crippen LogP contribution in [-0.2, 0) is 17.3 Å². The van der Waals surface area contributed by atoms with E-state index < -0.39 is 34.8 Å². The molecule has 0 saturated carbocycles. The zero-order valence-electron chi connectivity index (χ0n) is 16.4. The number of aromatic nitrogens is 2. The van der Waals surface area contributed by atoms with Crippen LogP contribution in [0.4, 0.5) is 20.2 Å². The highest BCUT2D eigenvalue weighted by molar-refractivity contribution is 7.86. The van der Waals surface area contributed by atoms with Crippen molar-refractivity contribution in [3.8, 4) is 0 Å². The number of aryl methyl sites for hydroxylation is 2. The number of hydrogen-bond donors (Lipinski definition) is 2. The Labute approximate surface area is 181 Å². The third-order valence-electron chi connectivity index (χ3n) is 5.38. The lowest BCUT2D eigenvalue weighted by Crippen LogP contribution is -2.56. The summed E-state index contributed by atoms with van der Waals surface area (Å²) in [6.07, 6.45) is -0.133. The van der Waals surface area contributed by atoms with E-state index in [2.05, 4.69) is 10.3 Å². The summed E-state index contributed by atoms with van der Waals surface area (Å²) in [5, 5.41) is 8.16. The van der Waals surface area contributed by atoms with E-state index in [4.69, 9.17) is 16.7 Å². The van der Waals surface area contributed by atoms with Gasteiger partial charge in [0, 0.05) is 19.3 Å². The third kappa shape index (κ3) is 3.57. The van der Waals surface area contributed by atoms with Crippen molar-refractivity contribution in [2.45, 2.75) is 19.1 Å². The lowest BCUT2D eigenvalue weighted by Gasteiger charge is -2.42. The fraction of sp³-hybridized carbons (Fsp3) is 0.263.